The smallest absolute Gasteiger partial charge is 0.124 e. The SMILES string of the molecule is CCN(C)CCNC(C)c1c(O)cccc1O. The molecule has 4 heteroatoms. The lowest BCUT2D eigenvalue weighted by Gasteiger charge is -2.19. The van der Waals surface area contributed by atoms with Gasteiger partial charge in [-0.2, -0.15) is 0 Å². The fourth-order valence-corrected chi connectivity index (χ4v) is 1.72. The highest BCUT2D eigenvalue weighted by atomic mass is 16.3. The molecule has 1 atom stereocenters. The number of likely N-dealkylation sites (N-methyl/N-ethyl adjacent to an activating group) is 1. The van der Waals surface area contributed by atoms with Crippen molar-refractivity contribution >= 4 is 0 Å². The van der Waals surface area contributed by atoms with Crippen molar-refractivity contribution in [1.82, 2.24) is 10.2 Å². The Morgan fingerprint density at radius 3 is 2.41 bits per heavy atom. The molecule has 0 aliphatic carbocycles. The first-order valence-corrected chi connectivity index (χ1v) is 5.99. The van der Waals surface area contributed by atoms with E-state index in [9.17, 15) is 10.2 Å². The highest BCUT2D eigenvalue weighted by Crippen LogP contribution is 2.31. The van der Waals surface area contributed by atoms with Crippen molar-refractivity contribution in [1.29, 1.82) is 0 Å². The number of hydrogen-bond acceptors (Lipinski definition) is 4. The Kier molecular flexibility index (Phi) is 5.25. The van der Waals surface area contributed by atoms with Gasteiger partial charge in [-0.15, -0.1) is 0 Å². The van der Waals surface area contributed by atoms with E-state index in [1.54, 1.807) is 18.2 Å². The van der Waals surface area contributed by atoms with Gasteiger partial charge in [0.15, 0.2) is 0 Å². The Bertz CT molecular complexity index is 335. The molecule has 0 bridgehead atoms. The summed E-state index contributed by atoms with van der Waals surface area (Å²) in [6.45, 7) is 6.81. The molecule has 0 radical (unpaired) electrons. The average molecular weight is 238 g/mol. The van der Waals surface area contributed by atoms with E-state index in [1.807, 2.05) is 6.92 Å². The van der Waals surface area contributed by atoms with Gasteiger partial charge in [-0.3, -0.25) is 0 Å². The Morgan fingerprint density at radius 2 is 1.88 bits per heavy atom. The quantitative estimate of drug-likeness (QED) is 0.706. The molecule has 1 aromatic rings. The van der Waals surface area contributed by atoms with Gasteiger partial charge in [0.1, 0.15) is 11.5 Å². The van der Waals surface area contributed by atoms with Crippen molar-refractivity contribution in [3.63, 3.8) is 0 Å². The summed E-state index contributed by atoms with van der Waals surface area (Å²) in [6.07, 6.45) is 0. The van der Waals surface area contributed by atoms with Crippen molar-refractivity contribution in [2.24, 2.45) is 0 Å². The predicted octanol–water partition coefficient (Wildman–Crippen LogP) is 1.70. The van der Waals surface area contributed by atoms with Gasteiger partial charge < -0.3 is 20.4 Å². The largest absolute Gasteiger partial charge is 0.507 e. The lowest BCUT2D eigenvalue weighted by atomic mass is 10.1. The van der Waals surface area contributed by atoms with Crippen LogP contribution in [0.3, 0.4) is 0 Å². The molecule has 0 heterocycles. The molecule has 0 fully saturated rings. The molecule has 0 aliphatic heterocycles. The van der Waals surface area contributed by atoms with Crippen LogP contribution in [0.25, 0.3) is 0 Å². The molecule has 0 amide bonds. The number of aromatic hydroxyl groups is 2. The molecular weight excluding hydrogens is 216 g/mol. The van der Waals surface area contributed by atoms with Crippen molar-refractivity contribution in [3.05, 3.63) is 23.8 Å². The molecule has 1 rings (SSSR count). The van der Waals surface area contributed by atoms with Gasteiger partial charge in [0, 0.05) is 19.1 Å². The minimum Gasteiger partial charge on any atom is -0.507 e. The molecule has 0 aromatic heterocycles. The maximum absolute atomic E-state index is 9.71. The van der Waals surface area contributed by atoms with E-state index in [-0.39, 0.29) is 17.5 Å². The van der Waals surface area contributed by atoms with Crippen LogP contribution in [-0.2, 0) is 0 Å². The number of benzene rings is 1. The molecule has 1 aromatic carbocycles. The van der Waals surface area contributed by atoms with Crippen LogP contribution in [0.4, 0.5) is 0 Å². The van der Waals surface area contributed by atoms with E-state index in [4.69, 9.17) is 0 Å². The lowest BCUT2D eigenvalue weighted by molar-refractivity contribution is 0.339. The predicted molar refractivity (Wildman–Crippen MR) is 69.4 cm³/mol. The molecule has 0 saturated heterocycles. The van der Waals surface area contributed by atoms with E-state index < -0.39 is 0 Å². The van der Waals surface area contributed by atoms with Gasteiger partial charge in [0.2, 0.25) is 0 Å². The van der Waals surface area contributed by atoms with Gasteiger partial charge in [-0.25, -0.2) is 0 Å². The Labute approximate surface area is 103 Å². The number of phenolic OH excluding ortho intramolecular Hbond substituents is 2. The zero-order valence-electron chi connectivity index (χ0n) is 10.8. The van der Waals surface area contributed by atoms with Gasteiger partial charge in [0.25, 0.3) is 0 Å². The first-order chi connectivity index (χ1) is 8.06. The van der Waals surface area contributed by atoms with Crippen LogP contribution < -0.4 is 5.32 Å². The van der Waals surface area contributed by atoms with E-state index in [0.717, 1.165) is 19.6 Å². The number of nitrogens with one attached hydrogen (secondary N) is 1. The van der Waals surface area contributed by atoms with Crippen LogP contribution >= 0.6 is 0 Å². The van der Waals surface area contributed by atoms with Crippen LogP contribution in [0, 0.1) is 0 Å². The molecule has 4 nitrogen and oxygen atoms in total. The topological polar surface area (TPSA) is 55.7 Å². The average Bonchev–Trinajstić information content (AvgIpc) is 2.28. The van der Waals surface area contributed by atoms with Gasteiger partial charge in [-0.05, 0) is 32.6 Å². The number of phenols is 2. The number of hydrogen-bond donors (Lipinski definition) is 3. The second kappa shape index (κ2) is 6.47. The number of rotatable bonds is 6. The van der Waals surface area contributed by atoms with E-state index in [1.165, 1.54) is 0 Å². The number of nitrogens with zero attached hydrogens (tertiary/aromatic N) is 1. The second-order valence-electron chi connectivity index (χ2n) is 4.28. The van der Waals surface area contributed by atoms with Gasteiger partial charge >= 0.3 is 0 Å². The molecule has 1 unspecified atom stereocenters. The minimum absolute atomic E-state index is 0.0681. The third kappa shape index (κ3) is 3.91. The van der Waals surface area contributed by atoms with Gasteiger partial charge in [-0.1, -0.05) is 13.0 Å². The molecule has 96 valence electrons. The molecule has 0 aliphatic rings. The minimum atomic E-state index is -0.0681. The van der Waals surface area contributed by atoms with Crippen LogP contribution in [-0.4, -0.2) is 41.8 Å². The molecule has 0 spiro atoms. The zero-order chi connectivity index (χ0) is 12.8. The van der Waals surface area contributed by atoms with Crippen LogP contribution in [0.1, 0.15) is 25.5 Å². The Morgan fingerprint density at radius 1 is 1.29 bits per heavy atom. The van der Waals surface area contributed by atoms with Crippen LogP contribution in [0.15, 0.2) is 18.2 Å². The van der Waals surface area contributed by atoms with Crippen LogP contribution in [0.2, 0.25) is 0 Å². The Hall–Kier alpha value is -1.26. The summed E-state index contributed by atoms with van der Waals surface area (Å²) >= 11 is 0. The maximum atomic E-state index is 9.71. The van der Waals surface area contributed by atoms with Crippen molar-refractivity contribution in [3.8, 4) is 11.5 Å². The molecule has 0 saturated carbocycles. The fraction of sp³-hybridized carbons (Fsp3) is 0.538. The summed E-state index contributed by atoms with van der Waals surface area (Å²) in [7, 11) is 2.06. The molecule has 17 heavy (non-hydrogen) atoms. The summed E-state index contributed by atoms with van der Waals surface area (Å²) in [4.78, 5) is 2.20. The van der Waals surface area contributed by atoms with Crippen molar-refractivity contribution in [2.45, 2.75) is 19.9 Å². The van der Waals surface area contributed by atoms with Crippen molar-refractivity contribution < 1.29 is 10.2 Å². The molecular formula is C13H22N2O2. The highest BCUT2D eigenvalue weighted by Gasteiger charge is 2.14. The normalized spacial score (nSPS) is 12.9. The highest BCUT2D eigenvalue weighted by molar-refractivity contribution is 5.44. The fourth-order valence-electron chi connectivity index (χ4n) is 1.72. The zero-order valence-corrected chi connectivity index (χ0v) is 10.8. The standard InChI is InChI=1S/C13H22N2O2/c1-4-15(3)9-8-14-10(2)13-11(16)6-5-7-12(13)17/h5-7,10,14,16-17H,4,8-9H2,1-3H3. The monoisotopic (exact) mass is 238 g/mol. The third-order valence-corrected chi connectivity index (χ3v) is 2.98. The summed E-state index contributed by atoms with van der Waals surface area (Å²) in [5.74, 6) is 0.266. The lowest BCUT2D eigenvalue weighted by Crippen LogP contribution is -2.30. The van der Waals surface area contributed by atoms with Crippen LogP contribution in [0.5, 0.6) is 11.5 Å². The second-order valence-corrected chi connectivity index (χ2v) is 4.28. The van der Waals surface area contributed by atoms with E-state index >= 15 is 0 Å². The first-order valence-electron chi connectivity index (χ1n) is 5.99. The maximum Gasteiger partial charge on any atom is 0.124 e. The summed E-state index contributed by atoms with van der Waals surface area (Å²) in [6, 6.07) is 4.74. The summed E-state index contributed by atoms with van der Waals surface area (Å²) < 4.78 is 0. The summed E-state index contributed by atoms with van der Waals surface area (Å²) in [5.41, 5.74) is 0.562. The summed E-state index contributed by atoms with van der Waals surface area (Å²) in [5, 5.41) is 22.7. The van der Waals surface area contributed by atoms with E-state index in [0.29, 0.717) is 5.56 Å². The van der Waals surface area contributed by atoms with Gasteiger partial charge in [0.05, 0.1) is 5.56 Å². The third-order valence-electron chi connectivity index (χ3n) is 2.98. The molecule has 3 N–H and O–H groups in total. The van der Waals surface area contributed by atoms with E-state index in [2.05, 4.69) is 24.2 Å². The Balaban J connectivity index is 2.55. The first kappa shape index (κ1) is 13.8. The van der Waals surface area contributed by atoms with Crippen molar-refractivity contribution in [2.75, 3.05) is 26.7 Å².